The molecular weight excluding hydrogens is 526 g/mol. The van der Waals surface area contributed by atoms with Crippen molar-refractivity contribution in [2.75, 3.05) is 10.6 Å². The Balaban J connectivity index is 1.45. The van der Waals surface area contributed by atoms with E-state index in [0.717, 1.165) is 27.3 Å². The number of amides is 3. The van der Waals surface area contributed by atoms with Crippen LogP contribution < -0.4 is 16.0 Å². The van der Waals surface area contributed by atoms with Crippen LogP contribution in [0.1, 0.15) is 34.0 Å². The quantitative estimate of drug-likeness (QED) is 0.155. The van der Waals surface area contributed by atoms with Crippen LogP contribution in [-0.2, 0) is 9.59 Å². The van der Waals surface area contributed by atoms with E-state index >= 15 is 0 Å². The topological polar surface area (TPSA) is 87.3 Å². The van der Waals surface area contributed by atoms with E-state index in [0.29, 0.717) is 11.3 Å². The number of benzene rings is 3. The van der Waals surface area contributed by atoms with Crippen molar-refractivity contribution >= 4 is 58.3 Å². The Labute approximate surface area is 236 Å². The van der Waals surface area contributed by atoms with Gasteiger partial charge < -0.3 is 16.0 Å². The highest BCUT2D eigenvalue weighted by Gasteiger charge is 2.18. The second kappa shape index (κ2) is 13.1. The van der Waals surface area contributed by atoms with Gasteiger partial charge in [-0.2, -0.15) is 11.3 Å². The Morgan fingerprint density at radius 3 is 2.41 bits per heavy atom. The highest BCUT2D eigenvalue weighted by molar-refractivity contribution is 8.00. The van der Waals surface area contributed by atoms with Gasteiger partial charge in [-0.1, -0.05) is 36.4 Å². The summed E-state index contributed by atoms with van der Waals surface area (Å²) < 4.78 is 0. The van der Waals surface area contributed by atoms with E-state index in [-0.39, 0.29) is 22.8 Å². The van der Waals surface area contributed by atoms with Gasteiger partial charge in [0, 0.05) is 21.8 Å². The summed E-state index contributed by atoms with van der Waals surface area (Å²) in [7, 11) is 0. The molecule has 0 saturated heterocycles. The number of thioether (sulfide) groups is 1. The molecular formula is C31H29N3O3S2. The van der Waals surface area contributed by atoms with Crippen molar-refractivity contribution < 1.29 is 14.4 Å². The lowest BCUT2D eigenvalue weighted by Gasteiger charge is -2.15. The highest BCUT2D eigenvalue weighted by atomic mass is 32.2. The Kier molecular flexibility index (Phi) is 9.35. The van der Waals surface area contributed by atoms with Crippen molar-refractivity contribution in [1.29, 1.82) is 0 Å². The van der Waals surface area contributed by atoms with Crippen molar-refractivity contribution in [3.05, 3.63) is 118 Å². The fourth-order valence-electron chi connectivity index (χ4n) is 3.69. The molecule has 0 saturated carbocycles. The summed E-state index contributed by atoms with van der Waals surface area (Å²) in [6, 6.07) is 23.7. The molecule has 0 aliphatic rings. The summed E-state index contributed by atoms with van der Waals surface area (Å²) in [4.78, 5) is 39.7. The zero-order valence-electron chi connectivity index (χ0n) is 21.9. The van der Waals surface area contributed by atoms with E-state index in [2.05, 4.69) is 16.0 Å². The van der Waals surface area contributed by atoms with Gasteiger partial charge in [0.15, 0.2) is 0 Å². The lowest BCUT2D eigenvalue weighted by atomic mass is 10.1. The number of rotatable bonds is 9. The van der Waals surface area contributed by atoms with Gasteiger partial charge in [-0.3, -0.25) is 14.4 Å². The maximum atomic E-state index is 13.2. The van der Waals surface area contributed by atoms with Gasteiger partial charge in [0.1, 0.15) is 5.70 Å². The summed E-state index contributed by atoms with van der Waals surface area (Å²) in [6.07, 6.45) is 1.64. The molecule has 0 bridgehead atoms. The number of carbonyl (C=O) groups excluding carboxylic acids is 3. The highest BCUT2D eigenvalue weighted by Crippen LogP contribution is 2.28. The van der Waals surface area contributed by atoms with Crippen LogP contribution in [0.15, 0.2) is 100 Å². The van der Waals surface area contributed by atoms with Crippen LogP contribution in [0.5, 0.6) is 0 Å². The van der Waals surface area contributed by atoms with Gasteiger partial charge in [0.05, 0.1) is 5.25 Å². The smallest absolute Gasteiger partial charge is 0.272 e. The number of anilines is 2. The molecule has 6 nitrogen and oxygen atoms in total. The molecule has 4 rings (SSSR count). The van der Waals surface area contributed by atoms with Crippen LogP contribution in [0.2, 0.25) is 0 Å². The average Bonchev–Trinajstić information content (AvgIpc) is 3.44. The number of hydrogen-bond donors (Lipinski definition) is 3. The largest absolute Gasteiger partial charge is 0.325 e. The van der Waals surface area contributed by atoms with E-state index in [1.54, 1.807) is 36.4 Å². The van der Waals surface area contributed by atoms with Gasteiger partial charge in [-0.25, -0.2) is 0 Å². The minimum Gasteiger partial charge on any atom is -0.325 e. The molecule has 39 heavy (non-hydrogen) atoms. The maximum Gasteiger partial charge on any atom is 0.272 e. The molecule has 1 heterocycles. The fourth-order valence-corrected chi connectivity index (χ4v) is 5.23. The Hall–Kier alpha value is -4.14. The molecule has 3 N–H and O–H groups in total. The number of thiophene rings is 1. The maximum absolute atomic E-state index is 13.2. The lowest BCUT2D eigenvalue weighted by molar-refractivity contribution is -0.115. The summed E-state index contributed by atoms with van der Waals surface area (Å²) in [5, 5.41) is 12.1. The molecule has 0 aliphatic heterocycles. The first-order valence-electron chi connectivity index (χ1n) is 12.4. The molecule has 8 heteroatoms. The van der Waals surface area contributed by atoms with Crippen LogP contribution in [-0.4, -0.2) is 23.0 Å². The molecule has 198 valence electrons. The molecule has 0 aliphatic carbocycles. The number of hydrogen-bond acceptors (Lipinski definition) is 5. The molecule has 0 radical (unpaired) electrons. The second-order valence-electron chi connectivity index (χ2n) is 8.91. The molecule has 3 amide bonds. The Morgan fingerprint density at radius 1 is 0.897 bits per heavy atom. The SMILES string of the molecule is Cc1cccc(NC(=O)C(C)Sc2cccc(NC(=O)/C(=C/c3ccsc3)NC(=O)c3ccccc3)c2)c1C. The molecule has 1 atom stereocenters. The minimum absolute atomic E-state index is 0.104. The van der Waals surface area contributed by atoms with Gasteiger partial charge >= 0.3 is 0 Å². The van der Waals surface area contributed by atoms with E-state index in [9.17, 15) is 14.4 Å². The zero-order chi connectivity index (χ0) is 27.8. The zero-order valence-corrected chi connectivity index (χ0v) is 23.5. The fraction of sp³-hybridized carbons (Fsp3) is 0.129. The van der Waals surface area contributed by atoms with Gasteiger partial charge in [-0.05, 0) is 96.8 Å². The van der Waals surface area contributed by atoms with Gasteiger partial charge in [0.25, 0.3) is 11.8 Å². The van der Waals surface area contributed by atoms with Crippen molar-refractivity contribution in [2.45, 2.75) is 30.9 Å². The predicted molar refractivity (Wildman–Crippen MR) is 161 cm³/mol. The normalized spacial score (nSPS) is 11.9. The first-order valence-corrected chi connectivity index (χ1v) is 14.2. The van der Waals surface area contributed by atoms with Crippen LogP contribution in [0.25, 0.3) is 6.08 Å². The number of carbonyl (C=O) groups is 3. The van der Waals surface area contributed by atoms with E-state index < -0.39 is 5.91 Å². The molecule has 1 unspecified atom stereocenters. The first kappa shape index (κ1) is 27.9. The standard InChI is InChI=1S/C31H29N3O3S2/c1-20-9-7-14-27(21(20)2)33-29(35)22(3)39-26-13-8-12-25(18-26)32-31(37)28(17-23-15-16-38-19-23)34-30(36)24-10-5-4-6-11-24/h4-19,22H,1-3H3,(H,32,37)(H,33,35)(H,34,36)/b28-17-. The van der Waals surface area contributed by atoms with Crippen molar-refractivity contribution in [3.8, 4) is 0 Å². The van der Waals surface area contributed by atoms with E-state index in [4.69, 9.17) is 0 Å². The van der Waals surface area contributed by atoms with E-state index in [1.165, 1.54) is 23.1 Å². The van der Waals surface area contributed by atoms with Crippen LogP contribution in [0.4, 0.5) is 11.4 Å². The molecule has 0 fully saturated rings. The third-order valence-corrected chi connectivity index (χ3v) is 7.81. The summed E-state index contributed by atoms with van der Waals surface area (Å²) in [5.41, 5.74) is 4.90. The first-order chi connectivity index (χ1) is 18.8. The Bertz CT molecular complexity index is 1500. The van der Waals surface area contributed by atoms with Crippen molar-refractivity contribution in [2.24, 2.45) is 0 Å². The average molecular weight is 556 g/mol. The van der Waals surface area contributed by atoms with Crippen LogP contribution in [0, 0.1) is 13.8 Å². The Morgan fingerprint density at radius 2 is 1.67 bits per heavy atom. The lowest BCUT2D eigenvalue weighted by Crippen LogP contribution is -2.30. The predicted octanol–water partition coefficient (Wildman–Crippen LogP) is 6.89. The minimum atomic E-state index is -0.451. The van der Waals surface area contributed by atoms with Crippen LogP contribution >= 0.6 is 23.1 Å². The molecule has 1 aromatic heterocycles. The molecule has 4 aromatic rings. The van der Waals surface area contributed by atoms with Crippen molar-refractivity contribution in [1.82, 2.24) is 5.32 Å². The molecule has 0 spiro atoms. The van der Waals surface area contributed by atoms with Crippen molar-refractivity contribution in [3.63, 3.8) is 0 Å². The summed E-state index contributed by atoms with van der Waals surface area (Å²) in [5.74, 6) is -0.929. The molecule has 3 aromatic carbocycles. The van der Waals surface area contributed by atoms with E-state index in [1.807, 2.05) is 80.1 Å². The summed E-state index contributed by atoms with van der Waals surface area (Å²) >= 11 is 2.90. The van der Waals surface area contributed by atoms with Gasteiger partial charge in [0.2, 0.25) is 5.91 Å². The monoisotopic (exact) mass is 555 g/mol. The van der Waals surface area contributed by atoms with Crippen LogP contribution in [0.3, 0.4) is 0 Å². The second-order valence-corrected chi connectivity index (χ2v) is 11.1. The number of aryl methyl sites for hydroxylation is 1. The third-order valence-electron chi connectivity index (χ3n) is 6.02. The number of nitrogens with one attached hydrogen (secondary N) is 3. The van der Waals surface area contributed by atoms with Gasteiger partial charge in [-0.15, -0.1) is 11.8 Å². The third kappa shape index (κ3) is 7.69. The summed E-state index contributed by atoms with van der Waals surface area (Å²) in [6.45, 7) is 5.84.